The lowest BCUT2D eigenvalue weighted by atomic mass is 10.3. The van der Waals surface area contributed by atoms with Crippen LogP contribution in [0.25, 0.3) is 0 Å². The zero-order chi connectivity index (χ0) is 12.0. The highest BCUT2D eigenvalue weighted by Crippen LogP contribution is 2.23. The van der Waals surface area contributed by atoms with Gasteiger partial charge < -0.3 is 14.6 Å². The van der Waals surface area contributed by atoms with Crippen LogP contribution in [0.4, 0.5) is 0 Å². The van der Waals surface area contributed by atoms with E-state index in [2.05, 4.69) is 10.2 Å². The molecule has 6 heteroatoms. The molecule has 88 valence electrons. The second-order valence-corrected chi connectivity index (χ2v) is 3.11. The van der Waals surface area contributed by atoms with E-state index in [9.17, 15) is 4.79 Å². The highest BCUT2D eigenvalue weighted by atomic mass is 16.5. The number of rotatable bonds is 6. The largest absolute Gasteiger partial charge is 0.491 e. The molecule has 0 aromatic carbocycles. The Morgan fingerprint density at radius 2 is 2.25 bits per heavy atom. The Bertz CT molecular complexity index is 368. The Morgan fingerprint density at radius 1 is 1.50 bits per heavy atom. The van der Waals surface area contributed by atoms with E-state index in [0.717, 1.165) is 12.8 Å². The summed E-state index contributed by atoms with van der Waals surface area (Å²) in [6.45, 7) is 2.55. The predicted molar refractivity (Wildman–Crippen MR) is 55.9 cm³/mol. The quantitative estimate of drug-likeness (QED) is 0.737. The van der Waals surface area contributed by atoms with Gasteiger partial charge >= 0.3 is 5.97 Å². The van der Waals surface area contributed by atoms with Crippen LogP contribution in [0.1, 0.15) is 30.3 Å². The van der Waals surface area contributed by atoms with Gasteiger partial charge in [-0.2, -0.15) is 0 Å². The lowest BCUT2D eigenvalue weighted by molar-refractivity contribution is 0.0688. The summed E-state index contributed by atoms with van der Waals surface area (Å²) >= 11 is 0. The normalized spacial score (nSPS) is 9.88. The molecular formula is C10H14N2O4. The first-order chi connectivity index (χ1) is 7.69. The maximum Gasteiger partial charge on any atom is 0.356 e. The zero-order valence-electron chi connectivity index (χ0n) is 9.27. The van der Waals surface area contributed by atoms with E-state index in [0.29, 0.717) is 6.61 Å². The van der Waals surface area contributed by atoms with Crippen LogP contribution in [0.15, 0.2) is 6.07 Å². The third kappa shape index (κ3) is 3.08. The first-order valence-electron chi connectivity index (χ1n) is 4.96. The van der Waals surface area contributed by atoms with Gasteiger partial charge in [-0.05, 0) is 6.42 Å². The van der Waals surface area contributed by atoms with Gasteiger partial charge in [0.15, 0.2) is 11.4 Å². The van der Waals surface area contributed by atoms with E-state index in [4.69, 9.17) is 14.6 Å². The Morgan fingerprint density at radius 3 is 2.81 bits per heavy atom. The molecule has 6 nitrogen and oxygen atoms in total. The van der Waals surface area contributed by atoms with Crippen molar-refractivity contribution >= 4 is 5.97 Å². The average molecular weight is 226 g/mol. The van der Waals surface area contributed by atoms with Crippen LogP contribution in [-0.2, 0) is 0 Å². The Labute approximate surface area is 93.2 Å². The number of carbonyl (C=O) groups is 1. The van der Waals surface area contributed by atoms with Gasteiger partial charge in [-0.1, -0.05) is 13.3 Å². The summed E-state index contributed by atoms with van der Waals surface area (Å²) in [5.41, 5.74) is -0.167. The standard InChI is InChI=1S/C10H14N2O4/c1-3-4-5-16-9-8(15-2)6-7(10(13)14)11-12-9/h6H,3-5H2,1-2H3,(H,13,14). The number of nitrogens with zero attached hydrogens (tertiary/aromatic N) is 2. The number of ether oxygens (including phenoxy) is 2. The van der Waals surface area contributed by atoms with Crippen molar-refractivity contribution in [3.05, 3.63) is 11.8 Å². The third-order valence-corrected chi connectivity index (χ3v) is 1.90. The molecule has 0 saturated heterocycles. The minimum absolute atomic E-state index is 0.167. The summed E-state index contributed by atoms with van der Waals surface area (Å²) in [6.07, 6.45) is 1.90. The SMILES string of the molecule is CCCCOc1nnc(C(=O)O)cc1OC. The second kappa shape index (κ2) is 5.89. The van der Waals surface area contributed by atoms with Crippen molar-refractivity contribution in [1.29, 1.82) is 0 Å². The second-order valence-electron chi connectivity index (χ2n) is 3.11. The van der Waals surface area contributed by atoms with Gasteiger partial charge in [0.2, 0.25) is 0 Å². The first-order valence-corrected chi connectivity index (χ1v) is 4.96. The van der Waals surface area contributed by atoms with Crippen LogP contribution in [0, 0.1) is 0 Å². The number of unbranched alkanes of at least 4 members (excludes halogenated alkanes) is 1. The fraction of sp³-hybridized carbons (Fsp3) is 0.500. The van der Waals surface area contributed by atoms with Crippen molar-refractivity contribution in [1.82, 2.24) is 10.2 Å². The highest BCUT2D eigenvalue weighted by Gasteiger charge is 2.12. The smallest absolute Gasteiger partial charge is 0.356 e. The van der Waals surface area contributed by atoms with Gasteiger partial charge in [0.05, 0.1) is 13.7 Å². The molecule has 0 amide bonds. The zero-order valence-corrected chi connectivity index (χ0v) is 9.27. The number of aromatic carboxylic acids is 1. The molecule has 0 spiro atoms. The maximum atomic E-state index is 10.6. The molecule has 0 unspecified atom stereocenters. The molecule has 0 fully saturated rings. The van der Waals surface area contributed by atoms with E-state index in [1.807, 2.05) is 6.92 Å². The summed E-state index contributed by atoms with van der Waals surface area (Å²) in [7, 11) is 1.43. The molecule has 16 heavy (non-hydrogen) atoms. The third-order valence-electron chi connectivity index (χ3n) is 1.90. The Kier molecular flexibility index (Phi) is 4.50. The molecule has 1 aromatic rings. The van der Waals surface area contributed by atoms with E-state index in [-0.39, 0.29) is 17.3 Å². The fourth-order valence-corrected chi connectivity index (χ4v) is 1.03. The van der Waals surface area contributed by atoms with Crippen LogP contribution < -0.4 is 9.47 Å². The molecule has 0 atom stereocenters. The minimum Gasteiger partial charge on any atom is -0.491 e. The molecule has 1 rings (SSSR count). The molecule has 0 aliphatic carbocycles. The summed E-state index contributed by atoms with van der Waals surface area (Å²) in [5.74, 6) is -0.643. The monoisotopic (exact) mass is 226 g/mol. The van der Waals surface area contributed by atoms with Crippen molar-refractivity contribution in [2.24, 2.45) is 0 Å². The Balaban J connectivity index is 2.80. The molecular weight excluding hydrogens is 212 g/mol. The highest BCUT2D eigenvalue weighted by molar-refractivity contribution is 5.85. The number of hydrogen-bond donors (Lipinski definition) is 1. The topological polar surface area (TPSA) is 81.5 Å². The maximum absolute atomic E-state index is 10.6. The van der Waals surface area contributed by atoms with E-state index in [1.165, 1.54) is 13.2 Å². The number of carboxylic acids is 1. The van der Waals surface area contributed by atoms with Crippen LogP contribution in [0.5, 0.6) is 11.6 Å². The van der Waals surface area contributed by atoms with Crippen LogP contribution in [0.2, 0.25) is 0 Å². The molecule has 0 aliphatic heterocycles. The number of hydrogen-bond acceptors (Lipinski definition) is 5. The van der Waals surface area contributed by atoms with Gasteiger partial charge in [-0.15, -0.1) is 10.2 Å². The molecule has 1 heterocycles. The summed E-state index contributed by atoms with van der Waals surface area (Å²) in [5, 5.41) is 15.9. The van der Waals surface area contributed by atoms with Gasteiger partial charge in [0, 0.05) is 6.07 Å². The van der Waals surface area contributed by atoms with Crippen LogP contribution in [-0.4, -0.2) is 35.0 Å². The lowest BCUT2D eigenvalue weighted by Gasteiger charge is -2.08. The molecule has 0 aliphatic rings. The van der Waals surface area contributed by atoms with Gasteiger partial charge in [-0.25, -0.2) is 4.79 Å². The Hall–Kier alpha value is -1.85. The number of aromatic nitrogens is 2. The van der Waals surface area contributed by atoms with E-state index in [1.54, 1.807) is 0 Å². The summed E-state index contributed by atoms with van der Waals surface area (Å²) in [4.78, 5) is 10.6. The van der Waals surface area contributed by atoms with Gasteiger partial charge in [0.1, 0.15) is 0 Å². The lowest BCUT2D eigenvalue weighted by Crippen LogP contribution is -2.07. The molecule has 0 radical (unpaired) electrons. The molecule has 0 bridgehead atoms. The van der Waals surface area contributed by atoms with Crippen LogP contribution >= 0.6 is 0 Å². The van der Waals surface area contributed by atoms with Gasteiger partial charge in [-0.3, -0.25) is 0 Å². The average Bonchev–Trinajstić information content (AvgIpc) is 2.29. The summed E-state index contributed by atoms with van der Waals surface area (Å²) in [6, 6.07) is 1.29. The summed E-state index contributed by atoms with van der Waals surface area (Å²) < 4.78 is 10.3. The minimum atomic E-state index is -1.15. The van der Waals surface area contributed by atoms with Crippen molar-refractivity contribution in [3.63, 3.8) is 0 Å². The number of carboxylic acid groups (broad SMARTS) is 1. The van der Waals surface area contributed by atoms with Crippen molar-refractivity contribution in [2.75, 3.05) is 13.7 Å². The van der Waals surface area contributed by atoms with Crippen LogP contribution in [0.3, 0.4) is 0 Å². The van der Waals surface area contributed by atoms with Crippen molar-refractivity contribution < 1.29 is 19.4 Å². The van der Waals surface area contributed by atoms with E-state index >= 15 is 0 Å². The molecule has 0 saturated carbocycles. The van der Waals surface area contributed by atoms with Gasteiger partial charge in [0.25, 0.3) is 5.88 Å². The molecule has 1 aromatic heterocycles. The van der Waals surface area contributed by atoms with Crippen molar-refractivity contribution in [3.8, 4) is 11.6 Å². The predicted octanol–water partition coefficient (Wildman–Crippen LogP) is 1.36. The molecule has 1 N–H and O–H groups in total. The van der Waals surface area contributed by atoms with E-state index < -0.39 is 5.97 Å². The number of methoxy groups -OCH3 is 1. The first kappa shape index (κ1) is 12.2. The van der Waals surface area contributed by atoms with Crippen molar-refractivity contribution in [2.45, 2.75) is 19.8 Å². The fourth-order valence-electron chi connectivity index (χ4n) is 1.03.